The summed E-state index contributed by atoms with van der Waals surface area (Å²) < 4.78 is 0.180. The van der Waals surface area contributed by atoms with E-state index >= 15 is 0 Å². The van der Waals surface area contributed by atoms with Gasteiger partial charge in [-0.1, -0.05) is 19.3 Å². The van der Waals surface area contributed by atoms with E-state index in [9.17, 15) is 9.59 Å². The highest BCUT2D eigenvalue weighted by Crippen LogP contribution is 2.37. The minimum atomic E-state index is -0.831. The summed E-state index contributed by atoms with van der Waals surface area (Å²) in [6, 6.07) is -0.315. The van der Waals surface area contributed by atoms with E-state index in [1.807, 2.05) is 18.7 Å². The number of hydrogen-bond donors (Lipinski definition) is 3. The van der Waals surface area contributed by atoms with Crippen LogP contribution in [0.3, 0.4) is 0 Å². The Bertz CT molecular complexity index is 330. The average Bonchev–Trinajstić information content (AvgIpc) is 2.44. The predicted octanol–water partition coefficient (Wildman–Crippen LogP) is 2.60. The average molecular weight is 302 g/mol. The van der Waals surface area contributed by atoms with Crippen LogP contribution in [-0.4, -0.2) is 40.7 Å². The summed E-state index contributed by atoms with van der Waals surface area (Å²) in [5.74, 6) is -0.831. The summed E-state index contributed by atoms with van der Waals surface area (Å²) >= 11 is 1.85. The standard InChI is InChI=1S/C14H26N2O3S/c1-11(6-7-12(17)18)16-13(19)15-10-14(20-2)8-4-3-5-9-14/h11H,3-10H2,1-2H3,(H,17,18)(H2,15,16,19). The van der Waals surface area contributed by atoms with Crippen LogP contribution in [0.25, 0.3) is 0 Å². The Hall–Kier alpha value is -0.910. The number of aliphatic carboxylic acids is 1. The van der Waals surface area contributed by atoms with Crippen molar-refractivity contribution >= 4 is 23.8 Å². The van der Waals surface area contributed by atoms with Gasteiger partial charge in [-0.25, -0.2) is 4.79 Å². The van der Waals surface area contributed by atoms with Crippen molar-refractivity contribution in [3.63, 3.8) is 0 Å². The minimum Gasteiger partial charge on any atom is -0.481 e. The van der Waals surface area contributed by atoms with E-state index in [1.165, 1.54) is 19.3 Å². The van der Waals surface area contributed by atoms with Crippen molar-refractivity contribution in [1.29, 1.82) is 0 Å². The molecule has 0 aliphatic heterocycles. The van der Waals surface area contributed by atoms with E-state index < -0.39 is 5.97 Å². The van der Waals surface area contributed by atoms with Gasteiger partial charge in [0, 0.05) is 23.8 Å². The topological polar surface area (TPSA) is 78.4 Å². The fourth-order valence-corrected chi connectivity index (χ4v) is 3.49. The molecule has 6 heteroatoms. The highest BCUT2D eigenvalue weighted by Gasteiger charge is 2.31. The van der Waals surface area contributed by atoms with Gasteiger partial charge in [-0.05, 0) is 32.4 Å². The summed E-state index contributed by atoms with van der Waals surface area (Å²) in [7, 11) is 0. The number of rotatable bonds is 7. The molecule has 0 heterocycles. The van der Waals surface area contributed by atoms with Crippen LogP contribution in [0.4, 0.5) is 4.79 Å². The van der Waals surface area contributed by atoms with E-state index in [-0.39, 0.29) is 23.2 Å². The zero-order valence-corrected chi connectivity index (χ0v) is 13.2. The highest BCUT2D eigenvalue weighted by molar-refractivity contribution is 8.00. The first-order valence-corrected chi connectivity index (χ1v) is 8.51. The van der Waals surface area contributed by atoms with Gasteiger partial charge in [-0.15, -0.1) is 0 Å². The van der Waals surface area contributed by atoms with Crippen LogP contribution in [0.5, 0.6) is 0 Å². The molecule has 1 atom stereocenters. The molecule has 0 bridgehead atoms. The van der Waals surface area contributed by atoms with Gasteiger partial charge in [0.2, 0.25) is 0 Å². The predicted molar refractivity (Wildman–Crippen MR) is 82.2 cm³/mol. The molecule has 3 N–H and O–H groups in total. The molecule has 20 heavy (non-hydrogen) atoms. The van der Waals surface area contributed by atoms with E-state index in [0.29, 0.717) is 13.0 Å². The molecular formula is C14H26N2O3S. The van der Waals surface area contributed by atoms with Crippen molar-refractivity contribution in [1.82, 2.24) is 10.6 Å². The van der Waals surface area contributed by atoms with Crippen molar-refractivity contribution in [3.8, 4) is 0 Å². The van der Waals surface area contributed by atoms with E-state index in [2.05, 4.69) is 16.9 Å². The molecule has 1 fully saturated rings. The monoisotopic (exact) mass is 302 g/mol. The molecule has 0 saturated heterocycles. The lowest BCUT2D eigenvalue weighted by Gasteiger charge is -2.36. The van der Waals surface area contributed by atoms with Crippen LogP contribution in [-0.2, 0) is 4.79 Å². The molecule has 1 rings (SSSR count). The molecule has 0 aromatic carbocycles. The maximum atomic E-state index is 11.8. The molecule has 0 aromatic heterocycles. The molecular weight excluding hydrogens is 276 g/mol. The number of carbonyl (C=O) groups excluding carboxylic acids is 1. The fraction of sp³-hybridized carbons (Fsp3) is 0.857. The second-order valence-electron chi connectivity index (χ2n) is 5.61. The van der Waals surface area contributed by atoms with Crippen LogP contribution in [0.2, 0.25) is 0 Å². The van der Waals surface area contributed by atoms with Crippen molar-refractivity contribution in [2.45, 2.75) is 62.7 Å². The van der Waals surface area contributed by atoms with Gasteiger partial charge >= 0.3 is 12.0 Å². The third-order valence-corrected chi connectivity index (χ3v) is 5.36. The molecule has 1 aliphatic carbocycles. The number of carboxylic acids is 1. The Morgan fingerprint density at radius 1 is 1.30 bits per heavy atom. The zero-order chi connectivity index (χ0) is 15.0. The molecule has 1 aliphatic rings. The second-order valence-corrected chi connectivity index (χ2v) is 6.88. The van der Waals surface area contributed by atoms with Crippen LogP contribution >= 0.6 is 11.8 Å². The molecule has 1 unspecified atom stereocenters. The quantitative estimate of drug-likeness (QED) is 0.675. The summed E-state index contributed by atoms with van der Waals surface area (Å²) in [5, 5.41) is 14.3. The van der Waals surface area contributed by atoms with Crippen LogP contribution < -0.4 is 10.6 Å². The van der Waals surface area contributed by atoms with Gasteiger partial charge in [0.05, 0.1) is 0 Å². The largest absolute Gasteiger partial charge is 0.481 e. The zero-order valence-electron chi connectivity index (χ0n) is 12.4. The van der Waals surface area contributed by atoms with Gasteiger partial charge in [0.15, 0.2) is 0 Å². The van der Waals surface area contributed by atoms with Gasteiger partial charge < -0.3 is 15.7 Å². The summed E-state index contributed by atoms with van der Waals surface area (Å²) in [4.78, 5) is 22.3. The lowest BCUT2D eigenvalue weighted by molar-refractivity contribution is -0.137. The van der Waals surface area contributed by atoms with Crippen LogP contribution in [0.15, 0.2) is 0 Å². The summed E-state index contributed by atoms with van der Waals surface area (Å²) in [5.41, 5.74) is 0. The lowest BCUT2D eigenvalue weighted by Crippen LogP contribution is -2.47. The smallest absolute Gasteiger partial charge is 0.315 e. The van der Waals surface area contributed by atoms with Gasteiger partial charge in [0.25, 0.3) is 0 Å². The molecule has 0 radical (unpaired) electrons. The number of hydrogen-bond acceptors (Lipinski definition) is 3. The number of carbonyl (C=O) groups is 2. The second kappa shape index (κ2) is 8.39. The third-order valence-electron chi connectivity index (χ3n) is 3.94. The van der Waals surface area contributed by atoms with E-state index in [1.54, 1.807) is 0 Å². The number of urea groups is 1. The fourth-order valence-electron chi connectivity index (χ4n) is 2.58. The molecule has 5 nitrogen and oxygen atoms in total. The van der Waals surface area contributed by atoms with Gasteiger partial charge in [0.1, 0.15) is 0 Å². The molecule has 0 spiro atoms. The normalized spacial score (nSPS) is 19.1. The first-order valence-electron chi connectivity index (χ1n) is 7.29. The van der Waals surface area contributed by atoms with Crippen molar-refractivity contribution in [2.24, 2.45) is 0 Å². The van der Waals surface area contributed by atoms with Gasteiger partial charge in [-0.2, -0.15) is 11.8 Å². The van der Waals surface area contributed by atoms with Gasteiger partial charge in [-0.3, -0.25) is 4.79 Å². The van der Waals surface area contributed by atoms with Crippen LogP contribution in [0.1, 0.15) is 51.9 Å². The number of thioether (sulfide) groups is 1. The molecule has 0 aromatic rings. The Morgan fingerprint density at radius 3 is 2.50 bits per heavy atom. The van der Waals surface area contributed by atoms with E-state index in [4.69, 9.17) is 5.11 Å². The summed E-state index contributed by atoms with van der Waals surface area (Å²) in [6.45, 7) is 2.51. The first-order chi connectivity index (χ1) is 9.47. The third kappa shape index (κ3) is 6.03. The maximum Gasteiger partial charge on any atom is 0.315 e. The Balaban J connectivity index is 2.29. The Kier molecular flexibility index (Phi) is 7.19. The Morgan fingerprint density at radius 2 is 1.95 bits per heavy atom. The number of amides is 2. The number of nitrogens with one attached hydrogen (secondary N) is 2. The minimum absolute atomic E-state index is 0.0796. The number of carboxylic acid groups (broad SMARTS) is 1. The molecule has 2 amide bonds. The highest BCUT2D eigenvalue weighted by atomic mass is 32.2. The summed E-state index contributed by atoms with van der Waals surface area (Å²) in [6.07, 6.45) is 8.72. The lowest BCUT2D eigenvalue weighted by atomic mass is 9.88. The van der Waals surface area contributed by atoms with Crippen molar-refractivity contribution in [3.05, 3.63) is 0 Å². The first kappa shape index (κ1) is 17.1. The molecule has 116 valence electrons. The SMILES string of the molecule is CSC1(CNC(=O)NC(C)CCC(=O)O)CCCCC1. The Labute approximate surface area is 125 Å². The van der Waals surface area contributed by atoms with Crippen molar-refractivity contribution < 1.29 is 14.7 Å². The van der Waals surface area contributed by atoms with Crippen LogP contribution in [0, 0.1) is 0 Å². The van der Waals surface area contributed by atoms with Crippen molar-refractivity contribution in [2.75, 3.05) is 12.8 Å². The maximum absolute atomic E-state index is 11.8. The van der Waals surface area contributed by atoms with E-state index in [0.717, 1.165) is 12.8 Å². The molecule has 1 saturated carbocycles.